The maximum atomic E-state index is 13.0. The highest BCUT2D eigenvalue weighted by Gasteiger charge is 2.35. The lowest BCUT2D eigenvalue weighted by Crippen LogP contribution is -2.44. The number of nitrogens with one attached hydrogen (secondary N) is 1. The number of nitrogens with zero attached hydrogens (tertiary/aromatic N) is 1. The zero-order chi connectivity index (χ0) is 23.1. The summed E-state index contributed by atoms with van der Waals surface area (Å²) >= 11 is 1.60. The second-order valence-corrected chi connectivity index (χ2v) is 9.27. The average molecular weight is 467 g/mol. The largest absolute Gasteiger partial charge is 0.494 e. The minimum atomic E-state index is -0.157. The third kappa shape index (κ3) is 5.92. The van der Waals surface area contributed by atoms with Crippen LogP contribution in [-0.2, 0) is 16.8 Å². The summed E-state index contributed by atoms with van der Waals surface area (Å²) in [7, 11) is 0. The minimum absolute atomic E-state index is 0.109. The van der Waals surface area contributed by atoms with Crippen LogP contribution in [0.15, 0.2) is 53.9 Å². The maximum Gasteiger partial charge on any atom is 0.251 e. The first-order valence-corrected chi connectivity index (χ1v) is 12.2. The van der Waals surface area contributed by atoms with Crippen LogP contribution in [0.2, 0.25) is 0 Å². The Morgan fingerprint density at radius 2 is 1.91 bits per heavy atom. The Morgan fingerprint density at radius 3 is 2.61 bits per heavy atom. The second-order valence-electron chi connectivity index (χ2n) is 8.21. The van der Waals surface area contributed by atoms with Crippen molar-refractivity contribution in [2.45, 2.75) is 38.7 Å². The van der Waals surface area contributed by atoms with Crippen LogP contribution in [0.1, 0.15) is 46.4 Å². The molecule has 0 saturated carbocycles. The van der Waals surface area contributed by atoms with Gasteiger partial charge in [-0.1, -0.05) is 18.2 Å². The van der Waals surface area contributed by atoms with Gasteiger partial charge in [-0.05, 0) is 62.6 Å². The summed E-state index contributed by atoms with van der Waals surface area (Å²) in [4.78, 5) is 17.4. The molecule has 1 fully saturated rings. The number of ether oxygens (including phenoxy) is 3. The van der Waals surface area contributed by atoms with E-state index >= 15 is 0 Å². The van der Waals surface area contributed by atoms with Gasteiger partial charge in [0.1, 0.15) is 18.1 Å². The molecule has 0 unspecified atom stereocenters. The number of benzene rings is 2. The minimum Gasteiger partial charge on any atom is -0.494 e. The molecule has 0 aliphatic carbocycles. The fourth-order valence-electron chi connectivity index (χ4n) is 4.11. The Hall–Kier alpha value is -2.90. The molecule has 3 aromatic rings. The third-order valence-electron chi connectivity index (χ3n) is 5.96. The van der Waals surface area contributed by atoms with E-state index in [2.05, 4.69) is 22.4 Å². The predicted molar refractivity (Wildman–Crippen MR) is 129 cm³/mol. The summed E-state index contributed by atoms with van der Waals surface area (Å²) in [5.74, 6) is 1.40. The van der Waals surface area contributed by atoms with Gasteiger partial charge in [0.15, 0.2) is 0 Å². The number of rotatable bonds is 9. The standard InChI is InChI=1S/C26H30N2O4S/c1-3-31-23-9-7-21(8-10-23)26(11-13-30-14-12-26)18-27-25(29)20-5-4-6-24(15-20)32-16-22-17-33-19(2)28-22/h4-10,15,17H,3,11-14,16,18H2,1-2H3,(H,27,29). The molecule has 0 bridgehead atoms. The van der Waals surface area contributed by atoms with Crippen molar-refractivity contribution in [3.63, 3.8) is 0 Å². The second kappa shape index (κ2) is 10.8. The fraction of sp³-hybridized carbons (Fsp3) is 0.385. The summed E-state index contributed by atoms with van der Waals surface area (Å²) in [5.41, 5.74) is 2.51. The van der Waals surface area contributed by atoms with Crippen LogP contribution < -0.4 is 14.8 Å². The summed E-state index contributed by atoms with van der Waals surface area (Å²) in [6.45, 7) is 6.88. The lowest BCUT2D eigenvalue weighted by Gasteiger charge is -2.38. The van der Waals surface area contributed by atoms with Gasteiger partial charge in [-0.15, -0.1) is 11.3 Å². The molecule has 2 heterocycles. The molecule has 1 aromatic heterocycles. The first kappa shape index (κ1) is 23.3. The monoisotopic (exact) mass is 466 g/mol. The SMILES string of the molecule is CCOc1ccc(C2(CNC(=O)c3cccc(OCc4csc(C)n4)c3)CCOCC2)cc1. The lowest BCUT2D eigenvalue weighted by atomic mass is 9.74. The van der Waals surface area contributed by atoms with E-state index in [9.17, 15) is 4.79 Å². The summed E-state index contributed by atoms with van der Waals surface area (Å²) in [5, 5.41) is 6.16. The van der Waals surface area contributed by atoms with Crippen LogP contribution in [0, 0.1) is 6.92 Å². The van der Waals surface area contributed by atoms with Crippen molar-refractivity contribution >= 4 is 17.2 Å². The number of aryl methyl sites for hydroxylation is 1. The highest BCUT2D eigenvalue weighted by Crippen LogP contribution is 2.35. The zero-order valence-corrected chi connectivity index (χ0v) is 20.0. The Morgan fingerprint density at radius 1 is 1.12 bits per heavy atom. The summed E-state index contributed by atoms with van der Waals surface area (Å²) in [6.07, 6.45) is 1.72. The van der Waals surface area contributed by atoms with E-state index < -0.39 is 0 Å². The molecule has 1 N–H and O–H groups in total. The average Bonchev–Trinajstić information content (AvgIpc) is 3.28. The number of hydrogen-bond acceptors (Lipinski definition) is 6. The molecule has 7 heteroatoms. The van der Waals surface area contributed by atoms with Crippen molar-refractivity contribution in [3.8, 4) is 11.5 Å². The first-order chi connectivity index (χ1) is 16.1. The molecule has 33 heavy (non-hydrogen) atoms. The van der Waals surface area contributed by atoms with Crippen molar-refractivity contribution < 1.29 is 19.0 Å². The Bertz CT molecular complexity index is 1060. The van der Waals surface area contributed by atoms with E-state index in [-0.39, 0.29) is 11.3 Å². The highest BCUT2D eigenvalue weighted by atomic mass is 32.1. The van der Waals surface area contributed by atoms with Crippen molar-refractivity contribution in [1.29, 1.82) is 0 Å². The molecule has 2 aromatic carbocycles. The van der Waals surface area contributed by atoms with Gasteiger partial charge in [0, 0.05) is 36.1 Å². The summed E-state index contributed by atoms with van der Waals surface area (Å²) in [6, 6.07) is 15.5. The van der Waals surface area contributed by atoms with E-state index in [1.165, 1.54) is 5.56 Å². The molecule has 1 saturated heterocycles. The number of amides is 1. The number of carbonyl (C=O) groups is 1. The van der Waals surface area contributed by atoms with E-state index in [0.717, 1.165) is 29.3 Å². The topological polar surface area (TPSA) is 69.7 Å². The molecule has 0 radical (unpaired) electrons. The molecule has 0 atom stereocenters. The molecular formula is C26H30N2O4S. The van der Waals surface area contributed by atoms with Gasteiger partial charge < -0.3 is 19.5 Å². The van der Waals surface area contributed by atoms with E-state index in [1.807, 2.05) is 49.6 Å². The van der Waals surface area contributed by atoms with Crippen molar-refractivity contribution in [1.82, 2.24) is 10.3 Å². The first-order valence-electron chi connectivity index (χ1n) is 11.3. The van der Waals surface area contributed by atoms with Crippen LogP contribution in [0.25, 0.3) is 0 Å². The molecular weight excluding hydrogens is 436 g/mol. The lowest BCUT2D eigenvalue weighted by molar-refractivity contribution is 0.0487. The van der Waals surface area contributed by atoms with Gasteiger partial charge in [0.05, 0.1) is 17.3 Å². The third-order valence-corrected chi connectivity index (χ3v) is 6.79. The smallest absolute Gasteiger partial charge is 0.251 e. The van der Waals surface area contributed by atoms with Crippen LogP contribution in [0.4, 0.5) is 0 Å². The van der Waals surface area contributed by atoms with Crippen molar-refractivity contribution in [2.24, 2.45) is 0 Å². The van der Waals surface area contributed by atoms with Gasteiger partial charge in [0.25, 0.3) is 5.91 Å². The number of thiazole rings is 1. The number of carbonyl (C=O) groups excluding carboxylic acids is 1. The van der Waals surface area contributed by atoms with Crippen LogP contribution >= 0.6 is 11.3 Å². The van der Waals surface area contributed by atoms with Crippen LogP contribution in [0.3, 0.4) is 0 Å². The Kier molecular flexibility index (Phi) is 7.62. The highest BCUT2D eigenvalue weighted by molar-refractivity contribution is 7.09. The van der Waals surface area contributed by atoms with Gasteiger partial charge in [-0.3, -0.25) is 4.79 Å². The maximum absolute atomic E-state index is 13.0. The van der Waals surface area contributed by atoms with Gasteiger partial charge in [-0.25, -0.2) is 4.98 Å². The summed E-state index contributed by atoms with van der Waals surface area (Å²) < 4.78 is 17.1. The molecule has 1 aliphatic rings. The normalized spacial score (nSPS) is 15.1. The van der Waals surface area contributed by atoms with Crippen LogP contribution in [-0.4, -0.2) is 37.3 Å². The van der Waals surface area contributed by atoms with Gasteiger partial charge in [0.2, 0.25) is 0 Å². The number of aromatic nitrogens is 1. The van der Waals surface area contributed by atoms with Gasteiger partial charge >= 0.3 is 0 Å². The quantitative estimate of drug-likeness (QED) is 0.485. The molecule has 174 valence electrons. The fourth-order valence-corrected chi connectivity index (χ4v) is 4.71. The molecule has 1 amide bonds. The molecule has 0 spiro atoms. The number of hydrogen-bond donors (Lipinski definition) is 1. The molecule has 6 nitrogen and oxygen atoms in total. The predicted octanol–water partition coefficient (Wildman–Crippen LogP) is 4.91. The van der Waals surface area contributed by atoms with Crippen molar-refractivity contribution in [3.05, 3.63) is 75.7 Å². The molecule has 1 aliphatic heterocycles. The van der Waals surface area contributed by atoms with E-state index in [1.54, 1.807) is 17.4 Å². The Labute approximate surface area is 198 Å². The zero-order valence-electron chi connectivity index (χ0n) is 19.1. The van der Waals surface area contributed by atoms with Gasteiger partial charge in [-0.2, -0.15) is 0 Å². The Balaban J connectivity index is 1.42. The van der Waals surface area contributed by atoms with E-state index in [4.69, 9.17) is 14.2 Å². The molecule has 4 rings (SSSR count). The van der Waals surface area contributed by atoms with E-state index in [0.29, 0.717) is 44.3 Å². The van der Waals surface area contributed by atoms with Crippen molar-refractivity contribution in [2.75, 3.05) is 26.4 Å². The van der Waals surface area contributed by atoms with Crippen LogP contribution in [0.5, 0.6) is 11.5 Å².